The minimum absolute atomic E-state index is 0.0698. The molecule has 0 saturated heterocycles. The molecule has 1 aromatic carbocycles. The van der Waals surface area contributed by atoms with E-state index in [0.717, 1.165) is 11.3 Å². The molecule has 1 heterocycles. The number of hydrogen-bond donors (Lipinski definition) is 1. The molecule has 3 nitrogen and oxygen atoms in total. The van der Waals surface area contributed by atoms with E-state index in [9.17, 15) is 4.39 Å². The van der Waals surface area contributed by atoms with E-state index in [1.807, 2.05) is 31.8 Å². The van der Waals surface area contributed by atoms with Gasteiger partial charge in [-0.05, 0) is 26.0 Å². The van der Waals surface area contributed by atoms with E-state index in [-0.39, 0.29) is 11.1 Å². The maximum Gasteiger partial charge on any atom is 0.142 e. The fraction of sp³-hybridized carbons (Fsp3) is 0.357. The summed E-state index contributed by atoms with van der Waals surface area (Å²) in [6.07, 6.45) is 1.81. The lowest BCUT2D eigenvalue weighted by molar-refractivity contribution is 0.564. The summed E-state index contributed by atoms with van der Waals surface area (Å²) < 4.78 is 15.3. The molecule has 2 aromatic rings. The van der Waals surface area contributed by atoms with Gasteiger partial charge in [0.2, 0.25) is 0 Å². The molecular weight excluding hydrogens is 300 g/mol. The molecule has 0 aliphatic carbocycles. The van der Waals surface area contributed by atoms with Gasteiger partial charge >= 0.3 is 0 Å². The summed E-state index contributed by atoms with van der Waals surface area (Å²) in [5, 5.41) is 8.00. The van der Waals surface area contributed by atoms with Gasteiger partial charge in [-0.1, -0.05) is 23.2 Å². The number of rotatable bonds is 4. The van der Waals surface area contributed by atoms with E-state index in [1.54, 1.807) is 0 Å². The third kappa shape index (κ3) is 2.97. The molecule has 1 aromatic heterocycles. The van der Waals surface area contributed by atoms with Crippen molar-refractivity contribution in [3.05, 3.63) is 51.0 Å². The minimum atomic E-state index is -0.461. The highest BCUT2D eigenvalue weighted by Gasteiger charge is 2.17. The number of nitrogens with one attached hydrogen (secondary N) is 1. The Bertz CT molecular complexity index is 625. The zero-order valence-electron chi connectivity index (χ0n) is 11.5. The van der Waals surface area contributed by atoms with Crippen LogP contribution in [0.5, 0.6) is 0 Å². The van der Waals surface area contributed by atoms with Crippen LogP contribution in [0.25, 0.3) is 0 Å². The molecule has 0 fully saturated rings. The van der Waals surface area contributed by atoms with Crippen LogP contribution in [0.4, 0.5) is 4.39 Å². The first-order valence-electron chi connectivity index (χ1n) is 6.26. The van der Waals surface area contributed by atoms with Gasteiger partial charge in [-0.25, -0.2) is 4.39 Å². The Morgan fingerprint density at radius 2 is 2.10 bits per heavy atom. The van der Waals surface area contributed by atoms with Crippen molar-refractivity contribution in [2.75, 3.05) is 0 Å². The van der Waals surface area contributed by atoms with E-state index in [2.05, 4.69) is 10.4 Å². The second-order valence-electron chi connectivity index (χ2n) is 4.74. The van der Waals surface area contributed by atoms with Gasteiger partial charge in [0.15, 0.2) is 0 Å². The quantitative estimate of drug-likeness (QED) is 0.863. The molecular formula is C14H16Cl2FN3. The third-order valence-electron chi connectivity index (χ3n) is 3.45. The fourth-order valence-corrected chi connectivity index (χ4v) is 2.72. The number of halogens is 3. The second kappa shape index (κ2) is 6.12. The first-order valence-corrected chi connectivity index (χ1v) is 7.01. The number of aryl methyl sites for hydroxylation is 1. The molecule has 0 saturated carbocycles. The molecule has 0 amide bonds. The summed E-state index contributed by atoms with van der Waals surface area (Å²) in [5.74, 6) is -0.461. The van der Waals surface area contributed by atoms with E-state index in [1.165, 1.54) is 12.1 Å². The molecule has 1 N–H and O–H groups in total. The summed E-state index contributed by atoms with van der Waals surface area (Å²) in [5.41, 5.74) is 2.75. The van der Waals surface area contributed by atoms with E-state index in [4.69, 9.17) is 23.2 Å². The lowest BCUT2D eigenvalue weighted by Crippen LogP contribution is -2.19. The molecule has 0 spiro atoms. The van der Waals surface area contributed by atoms with Crippen molar-refractivity contribution < 1.29 is 4.39 Å². The SMILES string of the molecule is Cc1c(CNC(C)c2c(Cl)ccc(F)c2Cl)cnn1C. The second-order valence-corrected chi connectivity index (χ2v) is 5.52. The van der Waals surface area contributed by atoms with Gasteiger partial charge in [-0.15, -0.1) is 0 Å². The van der Waals surface area contributed by atoms with Gasteiger partial charge in [0, 0.05) is 41.5 Å². The monoisotopic (exact) mass is 315 g/mol. The Balaban J connectivity index is 2.15. The van der Waals surface area contributed by atoms with Gasteiger partial charge in [0.1, 0.15) is 5.82 Å². The molecule has 20 heavy (non-hydrogen) atoms. The predicted molar refractivity (Wildman–Crippen MR) is 79.6 cm³/mol. The highest BCUT2D eigenvalue weighted by atomic mass is 35.5. The summed E-state index contributed by atoms with van der Waals surface area (Å²) >= 11 is 12.1. The van der Waals surface area contributed by atoms with Crippen LogP contribution < -0.4 is 5.32 Å². The minimum Gasteiger partial charge on any atom is -0.306 e. The van der Waals surface area contributed by atoms with Gasteiger partial charge in [-0.2, -0.15) is 5.10 Å². The van der Waals surface area contributed by atoms with Crippen LogP contribution in [0.3, 0.4) is 0 Å². The van der Waals surface area contributed by atoms with Crippen LogP contribution in [0.2, 0.25) is 10.0 Å². The molecule has 0 bridgehead atoms. The third-order valence-corrected chi connectivity index (χ3v) is 4.16. The first-order chi connectivity index (χ1) is 9.41. The van der Waals surface area contributed by atoms with Crippen LogP contribution in [-0.4, -0.2) is 9.78 Å². The topological polar surface area (TPSA) is 29.9 Å². The highest BCUT2D eigenvalue weighted by molar-refractivity contribution is 6.36. The van der Waals surface area contributed by atoms with Crippen LogP contribution in [0, 0.1) is 12.7 Å². The number of nitrogens with zero attached hydrogens (tertiary/aromatic N) is 2. The van der Waals surface area contributed by atoms with Gasteiger partial charge in [0.25, 0.3) is 0 Å². The van der Waals surface area contributed by atoms with Crippen LogP contribution in [0.15, 0.2) is 18.3 Å². The van der Waals surface area contributed by atoms with Crippen LogP contribution in [0.1, 0.15) is 29.8 Å². The van der Waals surface area contributed by atoms with Gasteiger partial charge in [0.05, 0.1) is 11.2 Å². The summed E-state index contributed by atoms with van der Waals surface area (Å²) in [4.78, 5) is 0. The van der Waals surface area contributed by atoms with Crippen molar-refractivity contribution >= 4 is 23.2 Å². The average Bonchev–Trinajstić information content (AvgIpc) is 2.72. The Morgan fingerprint density at radius 3 is 2.70 bits per heavy atom. The molecule has 0 radical (unpaired) electrons. The lowest BCUT2D eigenvalue weighted by atomic mass is 10.1. The largest absolute Gasteiger partial charge is 0.306 e. The molecule has 0 aliphatic heterocycles. The van der Waals surface area contributed by atoms with Crippen LogP contribution in [-0.2, 0) is 13.6 Å². The molecule has 0 aliphatic rings. The van der Waals surface area contributed by atoms with E-state index < -0.39 is 5.82 Å². The fourth-order valence-electron chi connectivity index (χ4n) is 2.02. The molecule has 108 valence electrons. The number of hydrogen-bond acceptors (Lipinski definition) is 2. The standard InChI is InChI=1S/C14H16Cl2FN3/c1-8(13-11(15)4-5-12(17)14(13)16)18-6-10-7-19-20(3)9(10)2/h4-5,7-8,18H,6H2,1-3H3. The zero-order valence-corrected chi connectivity index (χ0v) is 13.1. The Hall–Kier alpha value is -1.10. The smallest absolute Gasteiger partial charge is 0.142 e. The zero-order chi connectivity index (χ0) is 14.9. The summed E-state index contributed by atoms with van der Waals surface area (Å²) in [6, 6.07) is 2.63. The average molecular weight is 316 g/mol. The Labute approximate surface area is 127 Å². The summed E-state index contributed by atoms with van der Waals surface area (Å²) in [6.45, 7) is 4.51. The normalized spacial score (nSPS) is 12.7. The van der Waals surface area contributed by atoms with Crippen molar-refractivity contribution in [2.45, 2.75) is 26.4 Å². The molecule has 6 heteroatoms. The predicted octanol–water partition coefficient (Wildman–Crippen LogP) is 4.03. The van der Waals surface area contributed by atoms with Crippen molar-refractivity contribution in [1.29, 1.82) is 0 Å². The molecule has 1 unspecified atom stereocenters. The van der Waals surface area contributed by atoms with Gasteiger partial charge in [-0.3, -0.25) is 4.68 Å². The molecule has 1 atom stereocenters. The van der Waals surface area contributed by atoms with Crippen molar-refractivity contribution in [3.63, 3.8) is 0 Å². The van der Waals surface area contributed by atoms with Crippen LogP contribution >= 0.6 is 23.2 Å². The van der Waals surface area contributed by atoms with E-state index >= 15 is 0 Å². The molecule has 2 rings (SSSR count). The maximum absolute atomic E-state index is 13.5. The van der Waals surface area contributed by atoms with Crippen molar-refractivity contribution in [3.8, 4) is 0 Å². The Kier molecular flexibility index (Phi) is 4.68. The lowest BCUT2D eigenvalue weighted by Gasteiger charge is -2.17. The highest BCUT2D eigenvalue weighted by Crippen LogP contribution is 2.32. The van der Waals surface area contributed by atoms with E-state index in [0.29, 0.717) is 17.1 Å². The number of benzene rings is 1. The summed E-state index contributed by atoms with van der Waals surface area (Å²) in [7, 11) is 1.89. The maximum atomic E-state index is 13.5. The Morgan fingerprint density at radius 1 is 1.40 bits per heavy atom. The van der Waals surface area contributed by atoms with Gasteiger partial charge < -0.3 is 5.32 Å². The van der Waals surface area contributed by atoms with Crippen molar-refractivity contribution in [2.24, 2.45) is 7.05 Å². The van der Waals surface area contributed by atoms with Crippen molar-refractivity contribution in [1.82, 2.24) is 15.1 Å². The first kappa shape index (κ1) is 15.3. The number of aromatic nitrogens is 2.